The predicted octanol–water partition coefficient (Wildman–Crippen LogP) is 0.216. The lowest BCUT2D eigenvalue weighted by molar-refractivity contribution is 0.189. The average molecular weight is 177 g/mol. The number of nitrogens with zero attached hydrogens (tertiary/aromatic N) is 2. The molecule has 2 rings (SSSR count). The maximum absolute atomic E-state index is 11.1. The minimum Gasteiger partial charge on any atom is -0.425 e. The van der Waals surface area contributed by atoms with E-state index in [9.17, 15) is 10.0 Å². The Morgan fingerprint density at radius 1 is 1.54 bits per heavy atom. The molecular formula is C8H7N3O2. The average Bonchev–Trinajstić information content (AvgIpc) is 2.15. The maximum atomic E-state index is 11.1. The molecule has 66 valence electrons. The molecule has 0 spiro atoms. The first-order valence-electron chi connectivity index (χ1n) is 3.65. The van der Waals surface area contributed by atoms with Crippen molar-refractivity contribution in [2.45, 2.75) is 0 Å². The fraction of sp³-hybridized carbons (Fsp3) is 0. The van der Waals surface area contributed by atoms with Crippen LogP contribution in [0.4, 0.5) is 5.69 Å². The molecule has 13 heavy (non-hydrogen) atoms. The summed E-state index contributed by atoms with van der Waals surface area (Å²) in [6, 6.07) is 4.65. The van der Waals surface area contributed by atoms with Crippen LogP contribution < -0.4 is 11.3 Å². The topological polar surface area (TPSA) is 81.1 Å². The second-order valence-corrected chi connectivity index (χ2v) is 2.62. The molecule has 2 heterocycles. The Balaban J connectivity index is 3.02. The molecule has 0 radical (unpaired) electrons. The summed E-state index contributed by atoms with van der Waals surface area (Å²) in [5.74, 6) is 0. The van der Waals surface area contributed by atoms with E-state index in [1.165, 1.54) is 6.07 Å². The number of nitrogen functional groups attached to an aromatic ring is 1. The van der Waals surface area contributed by atoms with E-state index < -0.39 is 5.56 Å². The highest BCUT2D eigenvalue weighted by molar-refractivity contribution is 5.76. The summed E-state index contributed by atoms with van der Waals surface area (Å²) in [6.45, 7) is 0. The summed E-state index contributed by atoms with van der Waals surface area (Å²) >= 11 is 0. The quantitative estimate of drug-likeness (QED) is 0.564. The van der Waals surface area contributed by atoms with Gasteiger partial charge in [0.05, 0.1) is 5.52 Å². The van der Waals surface area contributed by atoms with Crippen LogP contribution in [0.15, 0.2) is 29.2 Å². The van der Waals surface area contributed by atoms with Crippen LogP contribution in [0.1, 0.15) is 0 Å². The molecule has 0 saturated heterocycles. The fourth-order valence-electron chi connectivity index (χ4n) is 1.14. The highest BCUT2D eigenvalue weighted by Crippen LogP contribution is 2.09. The minimum absolute atomic E-state index is 0.0197. The molecule has 0 atom stereocenters. The van der Waals surface area contributed by atoms with Crippen LogP contribution in [0, 0.1) is 0 Å². The fourth-order valence-corrected chi connectivity index (χ4v) is 1.14. The van der Waals surface area contributed by atoms with E-state index in [0.717, 1.165) is 0 Å². The molecule has 0 aliphatic carbocycles. The zero-order chi connectivity index (χ0) is 9.42. The monoisotopic (exact) mass is 177 g/mol. The number of hydrogen-bond acceptors (Lipinski definition) is 4. The SMILES string of the molecule is Nc1cc2ncccc2n(O)c1=O. The van der Waals surface area contributed by atoms with Crippen molar-refractivity contribution in [1.82, 2.24) is 9.71 Å². The highest BCUT2D eigenvalue weighted by atomic mass is 16.5. The van der Waals surface area contributed by atoms with Crippen LogP contribution in [0.25, 0.3) is 11.0 Å². The number of anilines is 1. The van der Waals surface area contributed by atoms with Gasteiger partial charge < -0.3 is 10.9 Å². The van der Waals surface area contributed by atoms with Crippen molar-refractivity contribution in [1.29, 1.82) is 0 Å². The Hall–Kier alpha value is -2.04. The van der Waals surface area contributed by atoms with Gasteiger partial charge in [0.2, 0.25) is 0 Å². The standard InChI is InChI=1S/C8H7N3O2/c9-5-4-6-7(2-1-3-10-6)11(13)8(5)12/h1-4,13H,9H2. The van der Waals surface area contributed by atoms with Gasteiger partial charge >= 0.3 is 5.56 Å². The van der Waals surface area contributed by atoms with Gasteiger partial charge in [0.15, 0.2) is 0 Å². The van der Waals surface area contributed by atoms with E-state index in [1.807, 2.05) is 0 Å². The van der Waals surface area contributed by atoms with Gasteiger partial charge in [0.25, 0.3) is 0 Å². The van der Waals surface area contributed by atoms with Gasteiger partial charge in [-0.1, -0.05) is 0 Å². The first kappa shape index (κ1) is 7.60. The number of rotatable bonds is 0. The molecule has 0 unspecified atom stereocenters. The highest BCUT2D eigenvalue weighted by Gasteiger charge is 2.04. The molecular weight excluding hydrogens is 170 g/mol. The first-order valence-corrected chi connectivity index (χ1v) is 3.65. The molecule has 0 amide bonds. The normalized spacial score (nSPS) is 10.5. The van der Waals surface area contributed by atoms with E-state index in [2.05, 4.69) is 4.98 Å². The maximum Gasteiger partial charge on any atom is 0.306 e. The zero-order valence-corrected chi connectivity index (χ0v) is 6.64. The minimum atomic E-state index is -0.625. The van der Waals surface area contributed by atoms with Crippen LogP contribution in [-0.2, 0) is 0 Å². The predicted molar refractivity (Wildman–Crippen MR) is 47.6 cm³/mol. The van der Waals surface area contributed by atoms with Gasteiger partial charge in [-0.2, -0.15) is 0 Å². The molecule has 2 aromatic rings. The summed E-state index contributed by atoms with van der Waals surface area (Å²) in [7, 11) is 0. The van der Waals surface area contributed by atoms with Crippen molar-refractivity contribution in [2.24, 2.45) is 0 Å². The lowest BCUT2D eigenvalue weighted by Gasteiger charge is -2.02. The molecule has 0 aromatic carbocycles. The third-order valence-electron chi connectivity index (χ3n) is 1.78. The van der Waals surface area contributed by atoms with Crippen molar-refractivity contribution < 1.29 is 5.21 Å². The number of fused-ring (bicyclic) bond motifs is 1. The summed E-state index contributed by atoms with van der Waals surface area (Å²) in [6.07, 6.45) is 1.56. The third kappa shape index (κ3) is 1.01. The molecule has 0 aliphatic rings. The largest absolute Gasteiger partial charge is 0.425 e. The van der Waals surface area contributed by atoms with Gasteiger partial charge in [0.1, 0.15) is 11.2 Å². The molecule has 0 bridgehead atoms. The van der Waals surface area contributed by atoms with Gasteiger partial charge in [-0.05, 0) is 18.2 Å². The molecule has 5 nitrogen and oxygen atoms in total. The van der Waals surface area contributed by atoms with Crippen molar-refractivity contribution in [3.05, 3.63) is 34.7 Å². The number of pyridine rings is 2. The second kappa shape index (κ2) is 2.48. The Bertz CT molecular complexity index is 518. The van der Waals surface area contributed by atoms with Crippen LogP contribution >= 0.6 is 0 Å². The summed E-state index contributed by atoms with van der Waals surface area (Å²) in [5, 5.41) is 9.32. The van der Waals surface area contributed by atoms with Crippen LogP contribution in [0.2, 0.25) is 0 Å². The third-order valence-corrected chi connectivity index (χ3v) is 1.78. The van der Waals surface area contributed by atoms with Crippen molar-refractivity contribution >= 4 is 16.7 Å². The lowest BCUT2D eigenvalue weighted by Crippen LogP contribution is -2.21. The molecule has 0 saturated carbocycles. The smallest absolute Gasteiger partial charge is 0.306 e. The van der Waals surface area contributed by atoms with Crippen LogP contribution in [-0.4, -0.2) is 14.9 Å². The molecule has 0 aliphatic heterocycles. The first-order chi connectivity index (χ1) is 6.20. The Morgan fingerprint density at radius 3 is 3.08 bits per heavy atom. The van der Waals surface area contributed by atoms with Crippen molar-refractivity contribution in [3.63, 3.8) is 0 Å². The number of nitrogens with two attached hydrogens (primary N) is 1. The van der Waals surface area contributed by atoms with E-state index in [1.54, 1.807) is 18.3 Å². The Kier molecular flexibility index (Phi) is 1.45. The lowest BCUT2D eigenvalue weighted by atomic mass is 10.3. The Labute approximate surface area is 73.0 Å². The molecule has 0 fully saturated rings. The van der Waals surface area contributed by atoms with E-state index in [0.29, 0.717) is 15.8 Å². The van der Waals surface area contributed by atoms with Crippen LogP contribution in [0.3, 0.4) is 0 Å². The molecule has 5 heteroatoms. The van der Waals surface area contributed by atoms with Gasteiger partial charge in [-0.3, -0.25) is 9.78 Å². The van der Waals surface area contributed by atoms with Gasteiger partial charge in [0, 0.05) is 6.20 Å². The summed E-state index contributed by atoms with van der Waals surface area (Å²) in [5.41, 5.74) is 5.55. The number of aromatic nitrogens is 2. The van der Waals surface area contributed by atoms with Gasteiger partial charge in [-0.15, -0.1) is 4.73 Å². The van der Waals surface area contributed by atoms with E-state index >= 15 is 0 Å². The second-order valence-electron chi connectivity index (χ2n) is 2.62. The zero-order valence-electron chi connectivity index (χ0n) is 6.64. The summed E-state index contributed by atoms with van der Waals surface area (Å²) < 4.78 is 0.498. The number of hydrogen-bond donors (Lipinski definition) is 2. The summed E-state index contributed by atoms with van der Waals surface area (Å²) in [4.78, 5) is 15.1. The molecule has 2 aromatic heterocycles. The van der Waals surface area contributed by atoms with E-state index in [4.69, 9.17) is 5.73 Å². The molecule has 3 N–H and O–H groups in total. The van der Waals surface area contributed by atoms with Crippen molar-refractivity contribution in [2.75, 3.05) is 5.73 Å². The van der Waals surface area contributed by atoms with Crippen molar-refractivity contribution in [3.8, 4) is 0 Å². The van der Waals surface area contributed by atoms with Gasteiger partial charge in [-0.25, -0.2) is 0 Å². The van der Waals surface area contributed by atoms with Crippen LogP contribution in [0.5, 0.6) is 0 Å². The Morgan fingerprint density at radius 2 is 2.31 bits per heavy atom. The van der Waals surface area contributed by atoms with E-state index in [-0.39, 0.29) is 5.69 Å².